The van der Waals surface area contributed by atoms with Gasteiger partial charge in [-0.2, -0.15) is 0 Å². The fraction of sp³-hybridized carbons (Fsp3) is 0.538. The van der Waals surface area contributed by atoms with Crippen LogP contribution in [0.2, 0.25) is 0 Å². The Hall–Kier alpha value is -1.02. The van der Waals surface area contributed by atoms with Gasteiger partial charge >= 0.3 is 0 Å². The highest BCUT2D eigenvalue weighted by molar-refractivity contribution is 5.35. The van der Waals surface area contributed by atoms with Crippen LogP contribution >= 0.6 is 0 Å². The predicted octanol–water partition coefficient (Wildman–Crippen LogP) is 2.82. The van der Waals surface area contributed by atoms with Gasteiger partial charge in [-0.3, -0.25) is 0 Å². The minimum absolute atomic E-state index is 0.521. The van der Waals surface area contributed by atoms with Crippen LogP contribution in [0.3, 0.4) is 0 Å². The summed E-state index contributed by atoms with van der Waals surface area (Å²) < 4.78 is 5.30. The van der Waals surface area contributed by atoms with Crippen molar-refractivity contribution in [3.05, 3.63) is 29.3 Å². The highest BCUT2D eigenvalue weighted by Crippen LogP contribution is 2.27. The monoisotopic (exact) mass is 205 g/mol. The Kier molecular flexibility index (Phi) is 3.27. The number of nitrogens with one attached hydrogen (secondary N) is 1. The fourth-order valence-corrected chi connectivity index (χ4v) is 2.23. The van der Waals surface area contributed by atoms with E-state index in [2.05, 4.69) is 30.4 Å². The molecule has 2 rings (SSSR count). The number of benzene rings is 1. The molecule has 0 aromatic heterocycles. The van der Waals surface area contributed by atoms with Crippen LogP contribution in [0.15, 0.2) is 18.2 Å². The zero-order valence-corrected chi connectivity index (χ0v) is 9.55. The third-order valence-corrected chi connectivity index (χ3v) is 3.02. The van der Waals surface area contributed by atoms with Crippen molar-refractivity contribution in [2.75, 3.05) is 13.7 Å². The van der Waals surface area contributed by atoms with Crippen molar-refractivity contribution in [2.45, 2.75) is 32.2 Å². The van der Waals surface area contributed by atoms with Crippen molar-refractivity contribution in [3.8, 4) is 5.75 Å². The number of hydrogen-bond donors (Lipinski definition) is 1. The molecule has 0 amide bonds. The van der Waals surface area contributed by atoms with E-state index >= 15 is 0 Å². The lowest BCUT2D eigenvalue weighted by Gasteiger charge is -2.24. The molecule has 2 nitrogen and oxygen atoms in total. The van der Waals surface area contributed by atoms with Crippen LogP contribution in [0.5, 0.6) is 5.75 Å². The lowest BCUT2D eigenvalue weighted by atomic mass is 9.96. The Balaban J connectivity index is 2.22. The highest BCUT2D eigenvalue weighted by Gasteiger charge is 2.15. The molecule has 1 aliphatic rings. The van der Waals surface area contributed by atoms with E-state index in [1.54, 1.807) is 7.11 Å². The molecule has 0 aliphatic carbocycles. The van der Waals surface area contributed by atoms with Crippen LogP contribution < -0.4 is 10.1 Å². The molecule has 0 radical (unpaired) electrons. The molecule has 0 bridgehead atoms. The number of hydrogen-bond acceptors (Lipinski definition) is 2. The van der Waals surface area contributed by atoms with E-state index in [9.17, 15) is 0 Å². The smallest absolute Gasteiger partial charge is 0.119 e. The van der Waals surface area contributed by atoms with Gasteiger partial charge in [0.1, 0.15) is 5.75 Å². The van der Waals surface area contributed by atoms with E-state index in [1.807, 2.05) is 0 Å². The van der Waals surface area contributed by atoms with Gasteiger partial charge < -0.3 is 10.1 Å². The first kappa shape index (κ1) is 10.5. The third-order valence-electron chi connectivity index (χ3n) is 3.02. The van der Waals surface area contributed by atoms with Gasteiger partial charge in [0.15, 0.2) is 0 Å². The zero-order chi connectivity index (χ0) is 10.7. The minimum Gasteiger partial charge on any atom is -0.497 e. The van der Waals surface area contributed by atoms with Crippen LogP contribution in [0.4, 0.5) is 0 Å². The number of ether oxygens (including phenoxy) is 1. The Labute approximate surface area is 91.6 Å². The SMILES string of the molecule is COc1cc(C)cc([C@@H]2CCCCN2)c1. The molecule has 0 saturated carbocycles. The van der Waals surface area contributed by atoms with Crippen molar-refractivity contribution in [2.24, 2.45) is 0 Å². The van der Waals surface area contributed by atoms with Crippen LogP contribution in [0.1, 0.15) is 36.4 Å². The maximum Gasteiger partial charge on any atom is 0.119 e. The molecule has 82 valence electrons. The summed E-state index contributed by atoms with van der Waals surface area (Å²) in [6, 6.07) is 7.00. The van der Waals surface area contributed by atoms with Crippen molar-refractivity contribution in [3.63, 3.8) is 0 Å². The van der Waals surface area contributed by atoms with Crippen LogP contribution in [0.25, 0.3) is 0 Å². The molecule has 1 heterocycles. The van der Waals surface area contributed by atoms with Gasteiger partial charge in [0.25, 0.3) is 0 Å². The predicted molar refractivity (Wildman–Crippen MR) is 62.3 cm³/mol. The topological polar surface area (TPSA) is 21.3 Å². The summed E-state index contributed by atoms with van der Waals surface area (Å²) in [4.78, 5) is 0. The van der Waals surface area contributed by atoms with Crippen molar-refractivity contribution in [1.82, 2.24) is 5.32 Å². The second-order valence-electron chi connectivity index (χ2n) is 4.29. The van der Waals surface area contributed by atoms with Gasteiger partial charge in [0.05, 0.1) is 7.11 Å². The van der Waals surface area contributed by atoms with Gasteiger partial charge in [-0.25, -0.2) is 0 Å². The summed E-state index contributed by atoms with van der Waals surface area (Å²) in [5, 5.41) is 3.56. The average Bonchev–Trinajstić information content (AvgIpc) is 2.29. The summed E-state index contributed by atoms with van der Waals surface area (Å²) in [7, 11) is 1.73. The lowest BCUT2D eigenvalue weighted by molar-refractivity contribution is 0.400. The largest absolute Gasteiger partial charge is 0.497 e. The molecule has 2 heteroatoms. The first-order valence-electron chi connectivity index (χ1n) is 5.68. The molecule has 0 unspecified atom stereocenters. The van der Waals surface area contributed by atoms with Crippen molar-refractivity contribution in [1.29, 1.82) is 0 Å². The summed E-state index contributed by atoms with van der Waals surface area (Å²) in [5.41, 5.74) is 2.64. The Morgan fingerprint density at radius 1 is 1.27 bits per heavy atom. The third kappa shape index (κ3) is 2.51. The van der Waals surface area contributed by atoms with E-state index in [0.717, 1.165) is 12.3 Å². The average molecular weight is 205 g/mol. The minimum atomic E-state index is 0.521. The van der Waals surface area contributed by atoms with E-state index < -0.39 is 0 Å². The van der Waals surface area contributed by atoms with E-state index in [-0.39, 0.29) is 0 Å². The van der Waals surface area contributed by atoms with Gasteiger partial charge in [0.2, 0.25) is 0 Å². The first-order chi connectivity index (χ1) is 7.29. The Morgan fingerprint density at radius 2 is 2.13 bits per heavy atom. The van der Waals surface area contributed by atoms with Gasteiger partial charge in [0, 0.05) is 6.04 Å². The molecule has 1 fully saturated rings. The maximum atomic E-state index is 5.30. The van der Waals surface area contributed by atoms with E-state index in [1.165, 1.54) is 30.4 Å². The molecule has 0 spiro atoms. The number of methoxy groups -OCH3 is 1. The van der Waals surface area contributed by atoms with Crippen LogP contribution in [0, 0.1) is 6.92 Å². The summed E-state index contributed by atoms with van der Waals surface area (Å²) in [5.74, 6) is 0.970. The number of piperidine rings is 1. The van der Waals surface area contributed by atoms with Crippen molar-refractivity contribution >= 4 is 0 Å². The van der Waals surface area contributed by atoms with Gasteiger partial charge in [-0.15, -0.1) is 0 Å². The highest BCUT2D eigenvalue weighted by atomic mass is 16.5. The zero-order valence-electron chi connectivity index (χ0n) is 9.55. The molecule has 1 atom stereocenters. The van der Waals surface area contributed by atoms with Crippen LogP contribution in [-0.4, -0.2) is 13.7 Å². The molecule has 1 aromatic rings. The summed E-state index contributed by atoms with van der Waals surface area (Å²) >= 11 is 0. The second kappa shape index (κ2) is 4.67. The number of rotatable bonds is 2. The van der Waals surface area contributed by atoms with Gasteiger partial charge in [-0.1, -0.05) is 12.5 Å². The summed E-state index contributed by atoms with van der Waals surface area (Å²) in [6.45, 7) is 3.26. The molecule has 15 heavy (non-hydrogen) atoms. The fourth-order valence-electron chi connectivity index (χ4n) is 2.23. The standard InChI is InChI=1S/C13H19NO/c1-10-7-11(9-12(8-10)15-2)13-5-3-4-6-14-13/h7-9,13-14H,3-6H2,1-2H3/t13-/m0/s1. The van der Waals surface area contributed by atoms with E-state index in [0.29, 0.717) is 6.04 Å². The molecule has 1 aliphatic heterocycles. The van der Waals surface area contributed by atoms with Gasteiger partial charge in [-0.05, 0) is 49.6 Å². The van der Waals surface area contributed by atoms with Crippen LogP contribution in [-0.2, 0) is 0 Å². The normalized spacial score (nSPS) is 21.3. The summed E-state index contributed by atoms with van der Waals surface area (Å²) in [6.07, 6.45) is 3.87. The van der Waals surface area contributed by atoms with E-state index in [4.69, 9.17) is 4.74 Å². The molecule has 1 saturated heterocycles. The Morgan fingerprint density at radius 3 is 2.80 bits per heavy atom. The molecular weight excluding hydrogens is 186 g/mol. The quantitative estimate of drug-likeness (QED) is 0.801. The Bertz CT molecular complexity index is 329. The molecular formula is C13H19NO. The molecule has 1 N–H and O–H groups in total. The second-order valence-corrected chi connectivity index (χ2v) is 4.29. The molecule has 1 aromatic carbocycles. The first-order valence-corrected chi connectivity index (χ1v) is 5.68. The van der Waals surface area contributed by atoms with Crippen molar-refractivity contribution < 1.29 is 4.74 Å². The maximum absolute atomic E-state index is 5.30. The number of aryl methyl sites for hydroxylation is 1. The lowest BCUT2D eigenvalue weighted by Crippen LogP contribution is -2.26.